The summed E-state index contributed by atoms with van der Waals surface area (Å²) in [4.78, 5) is 4.70. The Labute approximate surface area is 108 Å². The number of hydrogen-bond donors (Lipinski definition) is 1. The van der Waals surface area contributed by atoms with Crippen LogP contribution in [0.3, 0.4) is 0 Å². The lowest BCUT2D eigenvalue weighted by atomic mass is 9.90. The fraction of sp³-hybridized carbons (Fsp3) is 0.769. The van der Waals surface area contributed by atoms with Gasteiger partial charge in [0, 0.05) is 30.3 Å². The van der Waals surface area contributed by atoms with E-state index in [2.05, 4.69) is 31.5 Å². The van der Waals surface area contributed by atoms with E-state index in [1.165, 1.54) is 5.01 Å². The van der Waals surface area contributed by atoms with Crippen LogP contribution in [0.5, 0.6) is 0 Å². The minimum atomic E-state index is 0.0313. The Kier molecular flexibility index (Phi) is 4.17. The van der Waals surface area contributed by atoms with Crippen molar-refractivity contribution in [3.05, 3.63) is 16.1 Å². The number of hydrogen-bond acceptors (Lipinski definition) is 4. The standard InChI is InChI=1S/C13H22N2OS/c1-10(2)15-13(5-4-7-16-8-6-13)12-14-11(3)9-17-12/h9-10,15H,4-8H2,1-3H3. The minimum absolute atomic E-state index is 0.0313. The molecule has 0 aromatic carbocycles. The number of nitrogens with zero attached hydrogens (tertiary/aromatic N) is 1. The molecule has 0 radical (unpaired) electrons. The molecule has 1 atom stereocenters. The van der Waals surface area contributed by atoms with E-state index in [1.54, 1.807) is 11.3 Å². The summed E-state index contributed by atoms with van der Waals surface area (Å²) < 4.78 is 5.60. The highest BCUT2D eigenvalue weighted by Gasteiger charge is 2.36. The molecule has 2 rings (SSSR count). The molecule has 1 aromatic rings. The lowest BCUT2D eigenvalue weighted by Crippen LogP contribution is -2.46. The smallest absolute Gasteiger partial charge is 0.113 e. The molecule has 0 spiro atoms. The molecule has 1 fully saturated rings. The maximum Gasteiger partial charge on any atom is 0.113 e. The highest BCUT2D eigenvalue weighted by atomic mass is 32.1. The average molecular weight is 254 g/mol. The first kappa shape index (κ1) is 13.0. The molecule has 17 heavy (non-hydrogen) atoms. The predicted octanol–water partition coefficient (Wildman–Crippen LogP) is 2.85. The van der Waals surface area contributed by atoms with Crippen molar-refractivity contribution in [2.24, 2.45) is 0 Å². The van der Waals surface area contributed by atoms with E-state index in [0.29, 0.717) is 6.04 Å². The maximum atomic E-state index is 5.60. The molecule has 2 heterocycles. The van der Waals surface area contributed by atoms with Crippen LogP contribution in [0.2, 0.25) is 0 Å². The van der Waals surface area contributed by atoms with Crippen molar-refractivity contribution in [3.8, 4) is 0 Å². The molecule has 1 saturated heterocycles. The Bertz CT molecular complexity index is 354. The van der Waals surface area contributed by atoms with E-state index >= 15 is 0 Å². The van der Waals surface area contributed by atoms with Crippen molar-refractivity contribution < 1.29 is 4.74 Å². The van der Waals surface area contributed by atoms with E-state index in [4.69, 9.17) is 9.72 Å². The maximum absolute atomic E-state index is 5.60. The first-order valence-corrected chi connectivity index (χ1v) is 7.28. The first-order valence-electron chi connectivity index (χ1n) is 6.40. The van der Waals surface area contributed by atoms with Gasteiger partial charge in [-0.1, -0.05) is 0 Å². The molecular formula is C13H22N2OS. The average Bonchev–Trinajstić information content (AvgIpc) is 2.57. The lowest BCUT2D eigenvalue weighted by molar-refractivity contribution is 0.135. The van der Waals surface area contributed by atoms with Gasteiger partial charge in [-0.05, 0) is 40.0 Å². The van der Waals surface area contributed by atoms with Gasteiger partial charge in [-0.2, -0.15) is 0 Å². The Hall–Kier alpha value is -0.450. The molecule has 0 bridgehead atoms. The van der Waals surface area contributed by atoms with Crippen LogP contribution in [0.4, 0.5) is 0 Å². The van der Waals surface area contributed by atoms with Crippen molar-refractivity contribution in [1.29, 1.82) is 0 Å². The number of aromatic nitrogens is 1. The summed E-state index contributed by atoms with van der Waals surface area (Å²) in [7, 11) is 0. The van der Waals surface area contributed by atoms with Gasteiger partial charge in [0.15, 0.2) is 0 Å². The molecule has 1 aliphatic rings. The van der Waals surface area contributed by atoms with Crippen LogP contribution >= 0.6 is 11.3 Å². The van der Waals surface area contributed by atoms with Gasteiger partial charge in [0.05, 0.1) is 5.54 Å². The van der Waals surface area contributed by atoms with Crippen LogP contribution < -0.4 is 5.32 Å². The van der Waals surface area contributed by atoms with Crippen LogP contribution in [0, 0.1) is 6.92 Å². The zero-order chi connectivity index (χ0) is 12.3. The third kappa shape index (κ3) is 3.06. The number of thiazole rings is 1. The van der Waals surface area contributed by atoms with Crippen LogP contribution in [0.25, 0.3) is 0 Å². The van der Waals surface area contributed by atoms with Crippen LogP contribution in [0.1, 0.15) is 43.8 Å². The molecule has 3 nitrogen and oxygen atoms in total. The highest BCUT2D eigenvalue weighted by molar-refractivity contribution is 7.09. The summed E-state index contributed by atoms with van der Waals surface area (Å²) in [6, 6.07) is 0.470. The topological polar surface area (TPSA) is 34.1 Å². The molecule has 4 heteroatoms. The largest absolute Gasteiger partial charge is 0.381 e. The molecular weight excluding hydrogens is 232 g/mol. The van der Waals surface area contributed by atoms with Gasteiger partial charge in [0.1, 0.15) is 5.01 Å². The lowest BCUT2D eigenvalue weighted by Gasteiger charge is -2.33. The van der Waals surface area contributed by atoms with Crippen LogP contribution in [0.15, 0.2) is 5.38 Å². The Morgan fingerprint density at radius 1 is 1.41 bits per heavy atom. The molecule has 1 unspecified atom stereocenters. The van der Waals surface area contributed by atoms with Gasteiger partial charge in [-0.3, -0.25) is 0 Å². The van der Waals surface area contributed by atoms with Crippen molar-refractivity contribution in [3.63, 3.8) is 0 Å². The van der Waals surface area contributed by atoms with E-state index in [1.807, 2.05) is 0 Å². The Balaban J connectivity index is 2.27. The summed E-state index contributed by atoms with van der Waals surface area (Å²) in [6.45, 7) is 8.18. The van der Waals surface area contributed by atoms with Gasteiger partial charge in [0.25, 0.3) is 0 Å². The zero-order valence-corrected chi connectivity index (χ0v) is 11.8. The Morgan fingerprint density at radius 2 is 2.24 bits per heavy atom. The number of aryl methyl sites for hydroxylation is 1. The van der Waals surface area contributed by atoms with Gasteiger partial charge in [-0.25, -0.2) is 4.98 Å². The summed E-state index contributed by atoms with van der Waals surface area (Å²) in [6.07, 6.45) is 3.26. The second-order valence-corrected chi connectivity index (χ2v) is 6.00. The summed E-state index contributed by atoms with van der Waals surface area (Å²) in [5, 5.41) is 7.11. The molecule has 1 aromatic heterocycles. The highest BCUT2D eigenvalue weighted by Crippen LogP contribution is 2.34. The van der Waals surface area contributed by atoms with Crippen molar-refractivity contribution >= 4 is 11.3 Å². The third-order valence-corrected chi connectivity index (χ3v) is 4.32. The van der Waals surface area contributed by atoms with Gasteiger partial charge < -0.3 is 10.1 Å². The van der Waals surface area contributed by atoms with E-state index in [0.717, 1.165) is 38.2 Å². The monoisotopic (exact) mass is 254 g/mol. The molecule has 96 valence electrons. The van der Waals surface area contributed by atoms with Gasteiger partial charge in [0.2, 0.25) is 0 Å². The summed E-state index contributed by atoms with van der Waals surface area (Å²) in [5.41, 5.74) is 1.16. The number of rotatable bonds is 3. The normalized spacial score (nSPS) is 26.1. The Morgan fingerprint density at radius 3 is 2.88 bits per heavy atom. The fourth-order valence-corrected chi connectivity index (χ4v) is 3.52. The van der Waals surface area contributed by atoms with Gasteiger partial charge >= 0.3 is 0 Å². The molecule has 0 saturated carbocycles. The second kappa shape index (κ2) is 5.46. The van der Waals surface area contributed by atoms with Crippen LogP contribution in [-0.4, -0.2) is 24.2 Å². The van der Waals surface area contributed by atoms with Crippen molar-refractivity contribution in [1.82, 2.24) is 10.3 Å². The molecule has 0 aliphatic carbocycles. The fourth-order valence-electron chi connectivity index (χ4n) is 2.50. The third-order valence-electron chi connectivity index (χ3n) is 3.16. The van der Waals surface area contributed by atoms with E-state index in [9.17, 15) is 0 Å². The van der Waals surface area contributed by atoms with Gasteiger partial charge in [-0.15, -0.1) is 11.3 Å². The van der Waals surface area contributed by atoms with E-state index < -0.39 is 0 Å². The van der Waals surface area contributed by atoms with E-state index in [-0.39, 0.29) is 5.54 Å². The molecule has 1 N–H and O–H groups in total. The first-order chi connectivity index (χ1) is 8.12. The quantitative estimate of drug-likeness (QED) is 0.900. The number of ether oxygens (including phenoxy) is 1. The SMILES string of the molecule is Cc1csc(C2(NC(C)C)CCCOCC2)n1. The van der Waals surface area contributed by atoms with Crippen molar-refractivity contribution in [2.45, 2.75) is 51.6 Å². The minimum Gasteiger partial charge on any atom is -0.381 e. The molecule has 1 aliphatic heterocycles. The zero-order valence-electron chi connectivity index (χ0n) is 11.0. The predicted molar refractivity (Wildman–Crippen MR) is 71.5 cm³/mol. The summed E-state index contributed by atoms with van der Waals surface area (Å²) >= 11 is 1.78. The van der Waals surface area contributed by atoms with Crippen LogP contribution in [-0.2, 0) is 10.3 Å². The van der Waals surface area contributed by atoms with Crippen molar-refractivity contribution in [2.75, 3.05) is 13.2 Å². The molecule has 0 amide bonds. The number of nitrogens with one attached hydrogen (secondary N) is 1. The summed E-state index contributed by atoms with van der Waals surface area (Å²) in [5.74, 6) is 0. The second-order valence-electron chi connectivity index (χ2n) is 5.14.